The van der Waals surface area contributed by atoms with Crippen molar-refractivity contribution in [2.24, 2.45) is 12.1 Å². The average molecular weight is 448 g/mol. The SMILES string of the molecule is CCOc1ccc(C=NNc2nc3c(c(=O)[nH]c(=O)n3C)n2CCOc2ccccc2)cc1. The standard InChI is InChI=1S/C23H24N6O4/c1-3-32-18-11-9-16(10-12-18)15-24-27-22-25-20-19(21(30)26-23(31)28(20)2)29(22)13-14-33-17-7-5-4-6-8-17/h4-12,15H,3,13-14H2,1-2H3,(H,25,27)(H,26,30,31). The molecular weight excluding hydrogens is 424 g/mol. The number of hydrogen-bond acceptors (Lipinski definition) is 7. The Balaban J connectivity index is 1.59. The van der Waals surface area contributed by atoms with Crippen molar-refractivity contribution in [3.8, 4) is 11.5 Å². The van der Waals surface area contributed by atoms with Crippen LogP contribution in [0, 0.1) is 0 Å². The minimum atomic E-state index is -0.540. The van der Waals surface area contributed by atoms with Crippen LogP contribution in [0.4, 0.5) is 5.95 Å². The second-order valence-corrected chi connectivity index (χ2v) is 7.11. The highest BCUT2D eigenvalue weighted by Crippen LogP contribution is 2.16. The molecule has 170 valence electrons. The zero-order valence-corrected chi connectivity index (χ0v) is 18.3. The van der Waals surface area contributed by atoms with Crippen LogP contribution in [0.15, 0.2) is 69.3 Å². The van der Waals surface area contributed by atoms with Gasteiger partial charge in [-0.1, -0.05) is 18.2 Å². The van der Waals surface area contributed by atoms with E-state index >= 15 is 0 Å². The highest BCUT2D eigenvalue weighted by atomic mass is 16.5. The molecule has 2 aromatic heterocycles. The Bertz CT molecular complexity index is 1370. The maximum atomic E-state index is 12.6. The molecule has 4 aromatic rings. The minimum Gasteiger partial charge on any atom is -0.494 e. The van der Waals surface area contributed by atoms with Crippen molar-refractivity contribution in [1.82, 2.24) is 19.1 Å². The fourth-order valence-corrected chi connectivity index (χ4v) is 3.29. The van der Waals surface area contributed by atoms with Crippen molar-refractivity contribution in [3.05, 3.63) is 81.0 Å². The maximum absolute atomic E-state index is 12.6. The number of H-pyrrole nitrogens is 1. The summed E-state index contributed by atoms with van der Waals surface area (Å²) < 4.78 is 14.1. The van der Waals surface area contributed by atoms with Crippen molar-refractivity contribution in [1.29, 1.82) is 0 Å². The number of hydrazone groups is 1. The molecule has 33 heavy (non-hydrogen) atoms. The molecule has 10 nitrogen and oxygen atoms in total. The number of rotatable bonds is 9. The summed E-state index contributed by atoms with van der Waals surface area (Å²) in [6.45, 7) is 3.13. The van der Waals surface area contributed by atoms with E-state index in [0.29, 0.717) is 24.8 Å². The van der Waals surface area contributed by atoms with Crippen molar-refractivity contribution < 1.29 is 9.47 Å². The van der Waals surface area contributed by atoms with Gasteiger partial charge in [0.05, 0.1) is 19.4 Å². The van der Waals surface area contributed by atoms with Crippen LogP contribution in [0.5, 0.6) is 11.5 Å². The lowest BCUT2D eigenvalue weighted by Crippen LogP contribution is -2.29. The Labute approximate surface area is 189 Å². The number of anilines is 1. The van der Waals surface area contributed by atoms with Crippen LogP contribution in [-0.2, 0) is 13.6 Å². The summed E-state index contributed by atoms with van der Waals surface area (Å²) in [5.74, 6) is 1.81. The van der Waals surface area contributed by atoms with Gasteiger partial charge in [-0.3, -0.25) is 18.9 Å². The predicted molar refractivity (Wildman–Crippen MR) is 126 cm³/mol. The summed E-state index contributed by atoms with van der Waals surface area (Å²) >= 11 is 0. The average Bonchev–Trinajstić information content (AvgIpc) is 3.19. The van der Waals surface area contributed by atoms with Crippen LogP contribution in [0.25, 0.3) is 11.2 Å². The van der Waals surface area contributed by atoms with Crippen molar-refractivity contribution in [3.63, 3.8) is 0 Å². The van der Waals surface area contributed by atoms with Gasteiger partial charge in [0.2, 0.25) is 5.95 Å². The lowest BCUT2D eigenvalue weighted by Gasteiger charge is -2.10. The number of para-hydroxylation sites is 1. The summed E-state index contributed by atoms with van der Waals surface area (Å²) in [4.78, 5) is 31.3. The summed E-state index contributed by atoms with van der Waals surface area (Å²) in [5.41, 5.74) is 3.18. The zero-order valence-electron chi connectivity index (χ0n) is 18.3. The first-order chi connectivity index (χ1) is 16.1. The van der Waals surface area contributed by atoms with Gasteiger partial charge in [0.15, 0.2) is 11.2 Å². The first-order valence-corrected chi connectivity index (χ1v) is 10.5. The fourth-order valence-electron chi connectivity index (χ4n) is 3.29. The van der Waals surface area contributed by atoms with Crippen LogP contribution in [-0.4, -0.2) is 38.5 Å². The number of imidazole rings is 1. The van der Waals surface area contributed by atoms with Gasteiger partial charge in [-0.15, -0.1) is 0 Å². The van der Waals surface area contributed by atoms with E-state index in [1.165, 1.54) is 4.57 Å². The number of hydrogen-bond donors (Lipinski definition) is 2. The second-order valence-electron chi connectivity index (χ2n) is 7.11. The minimum absolute atomic E-state index is 0.252. The molecule has 2 aromatic carbocycles. The smallest absolute Gasteiger partial charge is 0.329 e. The first kappa shape index (κ1) is 21.9. The third-order valence-electron chi connectivity index (χ3n) is 4.90. The van der Waals surface area contributed by atoms with E-state index in [9.17, 15) is 9.59 Å². The molecule has 0 unspecified atom stereocenters. The Hall–Kier alpha value is -4.34. The zero-order chi connectivity index (χ0) is 23.2. The highest BCUT2D eigenvalue weighted by Gasteiger charge is 2.17. The fraction of sp³-hybridized carbons (Fsp3) is 0.217. The molecular formula is C23H24N6O4. The normalized spacial score (nSPS) is 11.2. The highest BCUT2D eigenvalue weighted by molar-refractivity contribution is 5.80. The molecule has 0 fully saturated rings. The number of fused-ring (bicyclic) bond motifs is 1. The van der Waals surface area contributed by atoms with E-state index in [1.807, 2.05) is 61.5 Å². The van der Waals surface area contributed by atoms with Crippen molar-refractivity contribution in [2.45, 2.75) is 13.5 Å². The number of nitrogens with one attached hydrogen (secondary N) is 2. The molecule has 0 aliphatic rings. The molecule has 10 heteroatoms. The Morgan fingerprint density at radius 3 is 2.52 bits per heavy atom. The number of benzene rings is 2. The Kier molecular flexibility index (Phi) is 6.53. The van der Waals surface area contributed by atoms with E-state index in [-0.39, 0.29) is 17.8 Å². The molecule has 2 heterocycles. The van der Waals surface area contributed by atoms with Gasteiger partial charge in [-0.05, 0) is 48.9 Å². The third-order valence-corrected chi connectivity index (χ3v) is 4.90. The largest absolute Gasteiger partial charge is 0.494 e. The number of aryl methyl sites for hydroxylation is 1. The number of aromatic amines is 1. The van der Waals surface area contributed by atoms with Crippen LogP contribution >= 0.6 is 0 Å². The van der Waals surface area contributed by atoms with Gasteiger partial charge in [-0.25, -0.2) is 10.2 Å². The summed E-state index contributed by atoms with van der Waals surface area (Å²) in [7, 11) is 1.55. The maximum Gasteiger partial charge on any atom is 0.329 e. The summed E-state index contributed by atoms with van der Waals surface area (Å²) in [5, 5.41) is 4.25. The first-order valence-electron chi connectivity index (χ1n) is 10.5. The Morgan fingerprint density at radius 2 is 1.79 bits per heavy atom. The van der Waals surface area contributed by atoms with Gasteiger partial charge in [0.25, 0.3) is 5.56 Å². The molecule has 0 atom stereocenters. The van der Waals surface area contributed by atoms with Gasteiger partial charge in [-0.2, -0.15) is 10.1 Å². The lowest BCUT2D eigenvalue weighted by atomic mass is 10.2. The van der Waals surface area contributed by atoms with Crippen LogP contribution < -0.4 is 26.1 Å². The van der Waals surface area contributed by atoms with E-state index in [2.05, 4.69) is 20.5 Å². The molecule has 0 bridgehead atoms. The van der Waals surface area contributed by atoms with Gasteiger partial charge in [0, 0.05) is 7.05 Å². The molecule has 0 spiro atoms. The van der Waals surface area contributed by atoms with Crippen LogP contribution in [0.2, 0.25) is 0 Å². The molecule has 2 N–H and O–H groups in total. The van der Waals surface area contributed by atoms with Crippen LogP contribution in [0.1, 0.15) is 12.5 Å². The molecule has 4 rings (SSSR count). The summed E-state index contributed by atoms with van der Waals surface area (Å²) in [6.07, 6.45) is 1.63. The van der Waals surface area contributed by atoms with E-state index in [1.54, 1.807) is 17.8 Å². The monoisotopic (exact) mass is 448 g/mol. The lowest BCUT2D eigenvalue weighted by molar-refractivity contribution is 0.301. The third kappa shape index (κ3) is 4.95. The predicted octanol–water partition coefficient (Wildman–Crippen LogP) is 2.35. The van der Waals surface area contributed by atoms with Crippen molar-refractivity contribution in [2.75, 3.05) is 18.6 Å². The van der Waals surface area contributed by atoms with Crippen LogP contribution in [0.3, 0.4) is 0 Å². The molecule has 0 aliphatic carbocycles. The molecule has 0 radical (unpaired) electrons. The van der Waals surface area contributed by atoms with Gasteiger partial charge < -0.3 is 9.47 Å². The number of ether oxygens (including phenoxy) is 2. The van der Waals surface area contributed by atoms with E-state index in [0.717, 1.165) is 11.3 Å². The topological polar surface area (TPSA) is 116 Å². The molecule has 0 saturated carbocycles. The number of nitrogens with zero attached hydrogens (tertiary/aromatic N) is 4. The summed E-state index contributed by atoms with van der Waals surface area (Å²) in [6, 6.07) is 16.8. The van der Waals surface area contributed by atoms with E-state index < -0.39 is 11.2 Å². The molecule has 0 amide bonds. The number of aromatic nitrogens is 4. The molecule has 0 aliphatic heterocycles. The van der Waals surface area contributed by atoms with Gasteiger partial charge in [0.1, 0.15) is 18.1 Å². The Morgan fingerprint density at radius 1 is 1.06 bits per heavy atom. The van der Waals surface area contributed by atoms with E-state index in [4.69, 9.17) is 9.47 Å². The quantitative estimate of drug-likeness (QED) is 0.300. The van der Waals surface area contributed by atoms with Crippen molar-refractivity contribution >= 4 is 23.3 Å². The molecule has 0 saturated heterocycles. The van der Waals surface area contributed by atoms with Gasteiger partial charge >= 0.3 is 5.69 Å². The second kappa shape index (κ2) is 9.86.